The van der Waals surface area contributed by atoms with E-state index in [2.05, 4.69) is 11.4 Å². The minimum Gasteiger partial charge on any atom is -0.497 e. The van der Waals surface area contributed by atoms with Crippen LogP contribution in [0.1, 0.15) is 36.6 Å². The van der Waals surface area contributed by atoms with E-state index < -0.39 is 11.5 Å². The van der Waals surface area contributed by atoms with Crippen LogP contribution in [0.3, 0.4) is 0 Å². The third-order valence-corrected chi connectivity index (χ3v) is 4.24. The Labute approximate surface area is 147 Å². The number of hydrogen-bond donors (Lipinski definition) is 2. The number of aliphatic hydroxyl groups is 1. The van der Waals surface area contributed by atoms with Crippen LogP contribution in [0.25, 0.3) is 0 Å². The number of nitrogens with zero attached hydrogens (tertiary/aromatic N) is 1. The first kappa shape index (κ1) is 18.5. The molecule has 5 heteroatoms. The van der Waals surface area contributed by atoms with Crippen molar-refractivity contribution in [3.63, 3.8) is 0 Å². The molecule has 0 fully saturated rings. The van der Waals surface area contributed by atoms with Gasteiger partial charge in [0, 0.05) is 6.54 Å². The summed E-state index contributed by atoms with van der Waals surface area (Å²) in [6, 6.07) is 16.1. The highest BCUT2D eigenvalue weighted by molar-refractivity contribution is 5.87. The van der Waals surface area contributed by atoms with E-state index in [9.17, 15) is 9.90 Å². The molecule has 2 aromatic rings. The molecule has 0 aliphatic heterocycles. The molecule has 2 rings (SSSR count). The largest absolute Gasteiger partial charge is 0.497 e. The van der Waals surface area contributed by atoms with Crippen molar-refractivity contribution in [2.75, 3.05) is 13.7 Å². The van der Waals surface area contributed by atoms with Gasteiger partial charge in [0.2, 0.25) is 5.91 Å². The summed E-state index contributed by atoms with van der Waals surface area (Å²) in [7, 11) is 1.58. The third kappa shape index (κ3) is 4.37. The topological polar surface area (TPSA) is 82.3 Å². The zero-order valence-electron chi connectivity index (χ0n) is 14.6. The van der Waals surface area contributed by atoms with Crippen LogP contribution in [-0.2, 0) is 10.2 Å². The number of rotatable bonds is 6. The average molecular weight is 338 g/mol. The molecule has 2 aromatic carbocycles. The molecule has 0 heterocycles. The van der Waals surface area contributed by atoms with Gasteiger partial charge in [-0.2, -0.15) is 5.26 Å². The highest BCUT2D eigenvalue weighted by atomic mass is 16.5. The highest BCUT2D eigenvalue weighted by Gasteiger charge is 2.30. The van der Waals surface area contributed by atoms with Crippen LogP contribution in [0.5, 0.6) is 5.75 Å². The number of carbonyl (C=O) groups is 1. The first-order chi connectivity index (χ1) is 11.9. The van der Waals surface area contributed by atoms with Gasteiger partial charge in [0.25, 0.3) is 0 Å². The van der Waals surface area contributed by atoms with Crippen LogP contribution in [0, 0.1) is 11.3 Å². The molecule has 0 aliphatic carbocycles. The molecule has 0 aliphatic rings. The third-order valence-electron chi connectivity index (χ3n) is 4.24. The van der Waals surface area contributed by atoms with Crippen molar-refractivity contribution in [2.24, 2.45) is 0 Å². The molecule has 1 atom stereocenters. The van der Waals surface area contributed by atoms with E-state index >= 15 is 0 Å². The lowest BCUT2D eigenvalue weighted by Crippen LogP contribution is -2.41. The van der Waals surface area contributed by atoms with Crippen LogP contribution in [0.15, 0.2) is 48.5 Å². The summed E-state index contributed by atoms with van der Waals surface area (Å²) in [6.07, 6.45) is -0.809. The van der Waals surface area contributed by atoms with Gasteiger partial charge in [0.15, 0.2) is 0 Å². The predicted molar refractivity (Wildman–Crippen MR) is 95.1 cm³/mol. The Kier molecular flexibility index (Phi) is 5.79. The van der Waals surface area contributed by atoms with Crippen LogP contribution >= 0.6 is 0 Å². The molecule has 0 bridgehead atoms. The summed E-state index contributed by atoms with van der Waals surface area (Å²) >= 11 is 0. The lowest BCUT2D eigenvalue weighted by atomic mass is 9.83. The van der Waals surface area contributed by atoms with Crippen LogP contribution in [0.4, 0.5) is 0 Å². The summed E-state index contributed by atoms with van der Waals surface area (Å²) in [5, 5.41) is 22.0. The molecule has 0 aromatic heterocycles. The van der Waals surface area contributed by atoms with Crippen molar-refractivity contribution in [2.45, 2.75) is 25.4 Å². The predicted octanol–water partition coefficient (Wildman–Crippen LogP) is 2.69. The fourth-order valence-corrected chi connectivity index (χ4v) is 2.46. The zero-order chi connectivity index (χ0) is 18.4. The summed E-state index contributed by atoms with van der Waals surface area (Å²) in [6.45, 7) is 3.68. The summed E-state index contributed by atoms with van der Waals surface area (Å²) in [5.74, 6) is 0.494. The van der Waals surface area contributed by atoms with E-state index in [0.29, 0.717) is 16.9 Å². The number of methoxy groups -OCH3 is 1. The molecule has 0 saturated carbocycles. The maximum Gasteiger partial charge on any atom is 0.230 e. The maximum atomic E-state index is 12.6. The van der Waals surface area contributed by atoms with Gasteiger partial charge >= 0.3 is 0 Å². The first-order valence-electron chi connectivity index (χ1n) is 7.99. The Balaban J connectivity index is 2.03. The van der Waals surface area contributed by atoms with Crippen LogP contribution in [0.2, 0.25) is 0 Å². The second-order valence-corrected chi connectivity index (χ2v) is 6.32. The van der Waals surface area contributed by atoms with Crippen molar-refractivity contribution >= 4 is 5.91 Å². The minimum atomic E-state index is -0.813. The van der Waals surface area contributed by atoms with Crippen LogP contribution in [-0.4, -0.2) is 24.7 Å². The molecule has 0 saturated heterocycles. The van der Waals surface area contributed by atoms with Crippen molar-refractivity contribution in [3.05, 3.63) is 65.2 Å². The normalized spacial score (nSPS) is 12.1. The summed E-state index contributed by atoms with van der Waals surface area (Å²) in [4.78, 5) is 12.6. The number of hydrogen-bond acceptors (Lipinski definition) is 4. The standard InChI is InChI=1S/C20H22N2O3/c1-20(2,16-6-4-5-14(11-16)12-21)19(24)22-13-18(23)15-7-9-17(25-3)10-8-15/h4-11,18,23H,13H2,1-3H3,(H,22,24). The summed E-state index contributed by atoms with van der Waals surface area (Å²) < 4.78 is 5.09. The van der Waals surface area contributed by atoms with Crippen molar-refractivity contribution in [1.82, 2.24) is 5.32 Å². The molecule has 2 N–H and O–H groups in total. The van der Waals surface area contributed by atoms with Crippen molar-refractivity contribution in [3.8, 4) is 11.8 Å². The van der Waals surface area contributed by atoms with E-state index in [4.69, 9.17) is 10.00 Å². The maximum absolute atomic E-state index is 12.6. The minimum absolute atomic E-state index is 0.104. The van der Waals surface area contributed by atoms with E-state index in [-0.39, 0.29) is 12.5 Å². The van der Waals surface area contributed by atoms with Gasteiger partial charge in [-0.05, 0) is 49.2 Å². The lowest BCUT2D eigenvalue weighted by molar-refractivity contribution is -0.126. The number of ether oxygens (including phenoxy) is 1. The number of benzene rings is 2. The number of amides is 1. The number of aliphatic hydroxyl groups excluding tert-OH is 1. The Morgan fingerprint density at radius 1 is 1.28 bits per heavy atom. The quantitative estimate of drug-likeness (QED) is 0.848. The Hall–Kier alpha value is -2.84. The second kappa shape index (κ2) is 7.82. The molecule has 0 radical (unpaired) electrons. The van der Waals surface area contributed by atoms with Gasteiger partial charge in [-0.15, -0.1) is 0 Å². The number of nitrogens with one attached hydrogen (secondary N) is 1. The Morgan fingerprint density at radius 2 is 1.96 bits per heavy atom. The van der Waals surface area contributed by atoms with Crippen molar-refractivity contribution in [1.29, 1.82) is 5.26 Å². The van der Waals surface area contributed by atoms with E-state index in [0.717, 1.165) is 5.56 Å². The first-order valence-corrected chi connectivity index (χ1v) is 7.99. The van der Waals surface area contributed by atoms with Crippen molar-refractivity contribution < 1.29 is 14.6 Å². The molecular formula is C20H22N2O3. The van der Waals surface area contributed by atoms with Gasteiger partial charge in [-0.3, -0.25) is 4.79 Å². The molecule has 130 valence electrons. The van der Waals surface area contributed by atoms with Gasteiger partial charge in [-0.1, -0.05) is 24.3 Å². The monoisotopic (exact) mass is 338 g/mol. The number of nitriles is 1. The molecule has 25 heavy (non-hydrogen) atoms. The fourth-order valence-electron chi connectivity index (χ4n) is 2.46. The fraction of sp³-hybridized carbons (Fsp3) is 0.300. The van der Waals surface area contributed by atoms with E-state index in [1.54, 1.807) is 63.4 Å². The molecular weight excluding hydrogens is 316 g/mol. The number of carbonyl (C=O) groups excluding carboxylic acids is 1. The average Bonchev–Trinajstić information content (AvgIpc) is 2.65. The molecule has 1 unspecified atom stereocenters. The molecule has 0 spiro atoms. The molecule has 5 nitrogen and oxygen atoms in total. The van der Waals surface area contributed by atoms with Crippen LogP contribution < -0.4 is 10.1 Å². The van der Waals surface area contributed by atoms with Gasteiger partial charge < -0.3 is 15.2 Å². The molecule has 1 amide bonds. The Morgan fingerprint density at radius 3 is 2.56 bits per heavy atom. The van der Waals surface area contributed by atoms with Gasteiger partial charge in [-0.25, -0.2) is 0 Å². The second-order valence-electron chi connectivity index (χ2n) is 6.32. The Bertz CT molecular complexity index is 776. The summed E-state index contributed by atoms with van der Waals surface area (Å²) in [5.41, 5.74) is 1.15. The van der Waals surface area contributed by atoms with E-state index in [1.807, 2.05) is 6.07 Å². The lowest BCUT2D eigenvalue weighted by Gasteiger charge is -2.25. The highest BCUT2D eigenvalue weighted by Crippen LogP contribution is 2.24. The SMILES string of the molecule is COc1ccc(C(O)CNC(=O)C(C)(C)c2cccc(C#N)c2)cc1. The zero-order valence-corrected chi connectivity index (χ0v) is 14.6. The van der Waals surface area contributed by atoms with Gasteiger partial charge in [0.1, 0.15) is 5.75 Å². The van der Waals surface area contributed by atoms with Gasteiger partial charge in [0.05, 0.1) is 30.3 Å². The smallest absolute Gasteiger partial charge is 0.230 e. The van der Waals surface area contributed by atoms with E-state index in [1.165, 1.54) is 0 Å².